The van der Waals surface area contributed by atoms with Crippen molar-refractivity contribution in [1.29, 1.82) is 0 Å². The van der Waals surface area contributed by atoms with Crippen LogP contribution in [0.5, 0.6) is 0 Å². The number of nitrogens with one attached hydrogen (secondary N) is 3. The highest BCUT2D eigenvalue weighted by Crippen LogP contribution is 2.11. The van der Waals surface area contributed by atoms with Crippen LogP contribution in [-0.2, 0) is 12.8 Å². The Hall–Kier alpha value is -2.16. The molecule has 0 bridgehead atoms. The number of halogens is 2. The Morgan fingerprint density at radius 1 is 1.07 bits per heavy atom. The molecule has 2 aromatic carbocycles. The molecule has 1 aromatic heterocycles. The molecule has 5 nitrogen and oxygen atoms in total. The first-order chi connectivity index (χ1) is 13.2. The number of H-pyrrole nitrogens is 1. The molecule has 0 fully saturated rings. The van der Waals surface area contributed by atoms with Gasteiger partial charge in [-0.2, -0.15) is 0 Å². The van der Waals surface area contributed by atoms with E-state index < -0.39 is 0 Å². The number of benzene rings is 2. The van der Waals surface area contributed by atoms with Crippen molar-refractivity contribution < 1.29 is 4.39 Å². The summed E-state index contributed by atoms with van der Waals surface area (Å²) < 4.78 is 12.9. The third kappa shape index (κ3) is 6.78. The Morgan fingerprint density at radius 3 is 2.61 bits per heavy atom. The first-order valence-electron chi connectivity index (χ1n) is 9.45. The van der Waals surface area contributed by atoms with Crippen molar-refractivity contribution in [2.75, 3.05) is 19.6 Å². The highest BCUT2D eigenvalue weighted by Gasteiger charge is 2.02. The predicted octanol–water partition coefficient (Wildman–Crippen LogP) is 4.05. The first-order valence-corrected chi connectivity index (χ1v) is 9.45. The lowest BCUT2D eigenvalue weighted by molar-refractivity contribution is 0.626. The number of aliphatic imine (C=N–C) groups is 1. The maximum atomic E-state index is 12.9. The summed E-state index contributed by atoms with van der Waals surface area (Å²) in [6, 6.07) is 14.7. The zero-order valence-corrected chi connectivity index (χ0v) is 18.4. The highest BCUT2D eigenvalue weighted by atomic mass is 127. The number of imidazole rings is 1. The minimum atomic E-state index is -0.203. The zero-order chi connectivity index (χ0) is 18.9. The van der Waals surface area contributed by atoms with Crippen LogP contribution in [0.1, 0.15) is 24.7 Å². The molecular weight excluding hydrogens is 468 g/mol. The topological polar surface area (TPSA) is 65.1 Å². The van der Waals surface area contributed by atoms with E-state index in [2.05, 4.69) is 25.6 Å². The highest BCUT2D eigenvalue weighted by molar-refractivity contribution is 14.0. The van der Waals surface area contributed by atoms with Crippen molar-refractivity contribution in [3.8, 4) is 0 Å². The Labute approximate surface area is 182 Å². The van der Waals surface area contributed by atoms with E-state index in [1.54, 1.807) is 0 Å². The van der Waals surface area contributed by atoms with Gasteiger partial charge in [0.1, 0.15) is 11.6 Å². The van der Waals surface area contributed by atoms with Gasteiger partial charge in [0.05, 0.1) is 11.0 Å². The van der Waals surface area contributed by atoms with Crippen molar-refractivity contribution >= 4 is 41.0 Å². The van der Waals surface area contributed by atoms with Crippen LogP contribution < -0.4 is 10.6 Å². The van der Waals surface area contributed by atoms with Gasteiger partial charge in [0.2, 0.25) is 0 Å². The lowest BCUT2D eigenvalue weighted by Gasteiger charge is -2.11. The van der Waals surface area contributed by atoms with Gasteiger partial charge in [-0.3, -0.25) is 4.99 Å². The van der Waals surface area contributed by atoms with Crippen molar-refractivity contribution in [2.24, 2.45) is 4.99 Å². The second-order valence-electron chi connectivity index (χ2n) is 6.37. The smallest absolute Gasteiger partial charge is 0.191 e. The zero-order valence-electron chi connectivity index (χ0n) is 16.0. The number of hydrogen-bond acceptors (Lipinski definition) is 2. The third-order valence-electron chi connectivity index (χ3n) is 4.24. The van der Waals surface area contributed by atoms with Crippen LogP contribution in [0.15, 0.2) is 53.5 Å². The molecule has 0 saturated carbocycles. The largest absolute Gasteiger partial charge is 0.357 e. The standard InChI is InChI=1S/C21H26FN5.HI/c1-2-23-21(25-15-13-16-9-11-17(22)12-10-16)24-14-5-8-20-26-18-6-3-4-7-19(18)27-20;/h3-4,6-7,9-12H,2,5,8,13-15H2,1H3,(H,26,27)(H2,23,24,25);1H. The molecule has 3 rings (SSSR count). The lowest BCUT2D eigenvalue weighted by Crippen LogP contribution is -2.38. The molecule has 0 aliphatic heterocycles. The average Bonchev–Trinajstić information content (AvgIpc) is 3.09. The van der Waals surface area contributed by atoms with Crippen LogP contribution in [0.4, 0.5) is 4.39 Å². The molecule has 150 valence electrons. The second kappa shape index (κ2) is 11.6. The van der Waals surface area contributed by atoms with Crippen molar-refractivity contribution in [3.63, 3.8) is 0 Å². The fourth-order valence-electron chi connectivity index (χ4n) is 2.88. The predicted molar refractivity (Wildman–Crippen MR) is 124 cm³/mol. The molecular formula is C21H27FIN5. The molecule has 7 heteroatoms. The molecule has 3 N–H and O–H groups in total. The van der Waals surface area contributed by atoms with E-state index in [1.807, 2.05) is 43.3 Å². The summed E-state index contributed by atoms with van der Waals surface area (Å²) in [4.78, 5) is 12.6. The Bertz CT molecular complexity index is 843. The minimum absolute atomic E-state index is 0. The number of guanidine groups is 1. The van der Waals surface area contributed by atoms with Gasteiger partial charge >= 0.3 is 0 Å². The van der Waals surface area contributed by atoms with Crippen molar-refractivity contribution in [3.05, 3.63) is 65.7 Å². The van der Waals surface area contributed by atoms with Crippen LogP contribution in [0.2, 0.25) is 0 Å². The number of aryl methyl sites for hydroxylation is 1. The van der Waals surface area contributed by atoms with Crippen LogP contribution in [-0.4, -0.2) is 35.6 Å². The number of aromatic nitrogens is 2. The van der Waals surface area contributed by atoms with Crippen molar-refractivity contribution in [2.45, 2.75) is 26.2 Å². The summed E-state index contributed by atoms with van der Waals surface area (Å²) >= 11 is 0. The Kier molecular flexibility index (Phi) is 9.19. The van der Waals surface area contributed by atoms with Crippen LogP contribution in [0.25, 0.3) is 11.0 Å². The van der Waals surface area contributed by atoms with E-state index >= 15 is 0 Å². The van der Waals surface area contributed by atoms with Crippen LogP contribution >= 0.6 is 24.0 Å². The van der Waals surface area contributed by atoms with Gasteiger partial charge in [0.25, 0.3) is 0 Å². The number of rotatable bonds is 8. The summed E-state index contributed by atoms with van der Waals surface area (Å²) in [5.74, 6) is 1.61. The van der Waals surface area contributed by atoms with E-state index in [9.17, 15) is 4.39 Å². The van der Waals surface area contributed by atoms with Crippen LogP contribution in [0.3, 0.4) is 0 Å². The Morgan fingerprint density at radius 2 is 1.86 bits per heavy atom. The monoisotopic (exact) mass is 495 g/mol. The fourth-order valence-corrected chi connectivity index (χ4v) is 2.88. The molecule has 0 unspecified atom stereocenters. The number of para-hydroxylation sites is 2. The van der Waals surface area contributed by atoms with Gasteiger partial charge in [0.15, 0.2) is 5.96 Å². The normalized spacial score (nSPS) is 11.3. The molecule has 0 atom stereocenters. The molecule has 3 aromatic rings. The van der Waals surface area contributed by atoms with Gasteiger partial charge in [-0.05, 0) is 49.6 Å². The van der Waals surface area contributed by atoms with E-state index in [1.165, 1.54) is 12.1 Å². The summed E-state index contributed by atoms with van der Waals surface area (Å²) in [6.07, 6.45) is 2.62. The molecule has 0 aliphatic rings. The SMILES string of the molecule is CCNC(=NCCCc1nc2ccccc2[nH]1)NCCc1ccc(F)cc1.I. The minimum Gasteiger partial charge on any atom is -0.357 e. The fraction of sp³-hybridized carbons (Fsp3) is 0.333. The van der Waals surface area contributed by atoms with Gasteiger partial charge in [-0.15, -0.1) is 24.0 Å². The maximum Gasteiger partial charge on any atom is 0.191 e. The third-order valence-corrected chi connectivity index (χ3v) is 4.24. The number of aromatic amines is 1. The van der Waals surface area contributed by atoms with E-state index in [4.69, 9.17) is 0 Å². The molecule has 0 radical (unpaired) electrons. The molecule has 0 saturated heterocycles. The first kappa shape index (κ1) is 22.1. The second-order valence-corrected chi connectivity index (χ2v) is 6.37. The number of hydrogen-bond donors (Lipinski definition) is 3. The summed E-state index contributed by atoms with van der Waals surface area (Å²) in [5.41, 5.74) is 3.18. The van der Waals surface area contributed by atoms with Gasteiger partial charge < -0.3 is 15.6 Å². The van der Waals surface area contributed by atoms with E-state index in [0.29, 0.717) is 0 Å². The lowest BCUT2D eigenvalue weighted by atomic mass is 10.1. The average molecular weight is 495 g/mol. The van der Waals surface area contributed by atoms with Gasteiger partial charge in [0, 0.05) is 26.1 Å². The number of nitrogens with zero attached hydrogens (tertiary/aromatic N) is 2. The van der Waals surface area contributed by atoms with E-state index in [-0.39, 0.29) is 29.8 Å². The van der Waals surface area contributed by atoms with Gasteiger partial charge in [-0.25, -0.2) is 9.37 Å². The summed E-state index contributed by atoms with van der Waals surface area (Å²) in [5, 5.41) is 6.58. The van der Waals surface area contributed by atoms with E-state index in [0.717, 1.165) is 67.3 Å². The maximum absolute atomic E-state index is 12.9. The summed E-state index contributed by atoms with van der Waals surface area (Å²) in [7, 11) is 0. The quantitative estimate of drug-likeness (QED) is 0.191. The molecule has 0 spiro atoms. The summed E-state index contributed by atoms with van der Waals surface area (Å²) in [6.45, 7) is 4.33. The Balaban J connectivity index is 0.00000280. The molecule has 0 amide bonds. The van der Waals surface area contributed by atoms with Crippen LogP contribution in [0, 0.1) is 5.82 Å². The van der Waals surface area contributed by atoms with Gasteiger partial charge in [-0.1, -0.05) is 24.3 Å². The number of fused-ring (bicyclic) bond motifs is 1. The molecule has 1 heterocycles. The van der Waals surface area contributed by atoms with Crippen molar-refractivity contribution in [1.82, 2.24) is 20.6 Å². The molecule has 0 aliphatic carbocycles. The molecule has 28 heavy (non-hydrogen) atoms.